The van der Waals surface area contributed by atoms with Gasteiger partial charge in [0.15, 0.2) is 0 Å². The van der Waals surface area contributed by atoms with Crippen LogP contribution < -0.4 is 15.4 Å². The maximum absolute atomic E-state index is 12.7. The number of rotatable bonds is 8. The van der Waals surface area contributed by atoms with Crippen LogP contribution in [0, 0.1) is 28.6 Å². The van der Waals surface area contributed by atoms with Crippen molar-refractivity contribution in [2.24, 2.45) is 17.3 Å². The lowest BCUT2D eigenvalue weighted by Gasteiger charge is -2.29. The van der Waals surface area contributed by atoms with E-state index in [2.05, 4.69) is 32.5 Å². The predicted octanol–water partition coefficient (Wildman–Crippen LogP) is 3.20. The molecule has 1 aromatic heterocycles. The molecule has 1 amide bonds. The van der Waals surface area contributed by atoms with Crippen molar-refractivity contribution in [2.75, 3.05) is 45.7 Å². The zero-order chi connectivity index (χ0) is 22.6. The molecule has 0 unspecified atom stereocenters. The molecule has 2 aliphatic carbocycles. The fourth-order valence-corrected chi connectivity index (χ4v) is 5.14. The quantitative estimate of drug-likeness (QED) is 0.640. The predicted molar refractivity (Wildman–Crippen MR) is 123 cm³/mol. The van der Waals surface area contributed by atoms with Crippen molar-refractivity contribution in [3.05, 3.63) is 11.4 Å². The van der Waals surface area contributed by atoms with Crippen molar-refractivity contribution >= 4 is 11.7 Å². The number of nitrogens with one attached hydrogen (secondary N) is 2. The number of carbonyl (C=O) groups excluding carboxylic acids is 1. The van der Waals surface area contributed by atoms with E-state index >= 15 is 0 Å². The second-order valence-corrected chi connectivity index (χ2v) is 9.97. The molecule has 8 nitrogen and oxygen atoms in total. The highest BCUT2D eigenvalue weighted by Crippen LogP contribution is 2.57. The molecular weight excluding hydrogens is 404 g/mol. The van der Waals surface area contributed by atoms with Crippen LogP contribution in [-0.2, 0) is 0 Å². The Morgan fingerprint density at radius 3 is 2.50 bits per heavy atom. The molecule has 2 heterocycles. The Morgan fingerprint density at radius 1 is 1.16 bits per heavy atom. The van der Waals surface area contributed by atoms with Gasteiger partial charge in [0.05, 0.1) is 6.61 Å². The molecular formula is C24H36N6O2. The van der Waals surface area contributed by atoms with Gasteiger partial charge >= 0.3 is 0 Å². The molecule has 0 radical (unpaired) electrons. The fourth-order valence-electron chi connectivity index (χ4n) is 5.14. The molecule has 2 N–H and O–H groups in total. The van der Waals surface area contributed by atoms with Gasteiger partial charge in [0.25, 0.3) is 5.91 Å². The normalized spacial score (nSPS) is 21.2. The van der Waals surface area contributed by atoms with Crippen LogP contribution >= 0.6 is 0 Å². The second kappa shape index (κ2) is 10.0. The number of ether oxygens (including phenoxy) is 1. The maximum Gasteiger partial charge on any atom is 0.260 e. The molecule has 3 aliphatic rings. The van der Waals surface area contributed by atoms with Gasteiger partial charge in [-0.05, 0) is 95.2 Å². The van der Waals surface area contributed by atoms with E-state index in [9.17, 15) is 10.1 Å². The maximum atomic E-state index is 12.7. The third-order valence-electron chi connectivity index (χ3n) is 7.71. The number of hydrogen-bond acceptors (Lipinski definition) is 7. The number of nitrogens with zero attached hydrogens (tertiary/aromatic N) is 4. The third kappa shape index (κ3) is 5.50. The molecule has 1 aromatic rings. The van der Waals surface area contributed by atoms with Crippen molar-refractivity contribution < 1.29 is 9.53 Å². The van der Waals surface area contributed by atoms with Gasteiger partial charge in [-0.1, -0.05) is 0 Å². The summed E-state index contributed by atoms with van der Waals surface area (Å²) in [5.41, 5.74) is 0.950. The van der Waals surface area contributed by atoms with Gasteiger partial charge in [-0.25, -0.2) is 4.98 Å². The van der Waals surface area contributed by atoms with Crippen LogP contribution in [0.15, 0.2) is 0 Å². The Bertz CT molecular complexity index is 845. The number of likely N-dealkylation sites (tertiary alicyclic amines) is 1. The Kier molecular flexibility index (Phi) is 7.14. The van der Waals surface area contributed by atoms with Crippen molar-refractivity contribution in [2.45, 2.75) is 57.8 Å². The Labute approximate surface area is 191 Å². The summed E-state index contributed by atoms with van der Waals surface area (Å²) in [6, 6.07) is 2.01. The zero-order valence-electron chi connectivity index (χ0n) is 19.5. The number of nitriles is 1. The van der Waals surface area contributed by atoms with Crippen LogP contribution in [-0.4, -0.2) is 61.1 Å². The molecule has 1 spiro atoms. The van der Waals surface area contributed by atoms with E-state index in [1.807, 2.05) is 6.07 Å². The van der Waals surface area contributed by atoms with E-state index in [4.69, 9.17) is 4.74 Å². The minimum Gasteiger partial charge on any atom is -0.477 e. The first-order chi connectivity index (χ1) is 15.5. The molecule has 32 heavy (non-hydrogen) atoms. The lowest BCUT2D eigenvalue weighted by atomic mass is 9.80. The Hall–Kier alpha value is -2.40. The van der Waals surface area contributed by atoms with Crippen LogP contribution in [0.2, 0.25) is 0 Å². The lowest BCUT2D eigenvalue weighted by Crippen LogP contribution is -2.31. The van der Waals surface area contributed by atoms with E-state index in [1.165, 1.54) is 38.5 Å². The second-order valence-electron chi connectivity index (χ2n) is 9.97. The van der Waals surface area contributed by atoms with Crippen LogP contribution in [0.4, 0.5) is 5.82 Å². The van der Waals surface area contributed by atoms with E-state index in [0.29, 0.717) is 35.2 Å². The molecule has 2 saturated carbocycles. The van der Waals surface area contributed by atoms with Crippen LogP contribution in [0.25, 0.3) is 0 Å². The minimum atomic E-state index is -0.299. The van der Waals surface area contributed by atoms with Crippen LogP contribution in [0.5, 0.6) is 5.88 Å². The van der Waals surface area contributed by atoms with Crippen molar-refractivity contribution in [1.82, 2.24) is 20.2 Å². The monoisotopic (exact) mass is 440 g/mol. The van der Waals surface area contributed by atoms with Crippen molar-refractivity contribution in [1.29, 1.82) is 5.26 Å². The number of hydrogen-bond donors (Lipinski definition) is 2. The highest BCUT2D eigenvalue weighted by Gasteiger charge is 2.44. The molecule has 174 valence electrons. The standard InChI is InChI=1S/C24H36N6O2/c1-26-22(31)20-21(27-16-18-3-8-24(9-4-18)10-11-24)28-19(15-25)29-23(20)32-14-7-17-5-12-30(2)13-6-17/h17-18H,3-14,16H2,1-2H3,(H,26,31)(H,27,28,29). The largest absolute Gasteiger partial charge is 0.477 e. The lowest BCUT2D eigenvalue weighted by molar-refractivity contribution is 0.0957. The van der Waals surface area contributed by atoms with E-state index in [-0.39, 0.29) is 17.6 Å². The van der Waals surface area contributed by atoms with Gasteiger partial charge in [-0.15, -0.1) is 0 Å². The average molecular weight is 441 g/mol. The summed E-state index contributed by atoms with van der Waals surface area (Å²) in [4.78, 5) is 23.6. The number of carbonyl (C=O) groups is 1. The van der Waals surface area contributed by atoms with E-state index in [0.717, 1.165) is 38.9 Å². The number of amides is 1. The van der Waals surface area contributed by atoms with E-state index in [1.54, 1.807) is 7.05 Å². The number of aromatic nitrogens is 2. The summed E-state index contributed by atoms with van der Waals surface area (Å²) in [5, 5.41) is 15.5. The summed E-state index contributed by atoms with van der Waals surface area (Å²) < 4.78 is 5.98. The molecule has 1 saturated heterocycles. The number of anilines is 1. The Balaban J connectivity index is 1.42. The highest BCUT2D eigenvalue weighted by molar-refractivity contribution is 6.00. The fraction of sp³-hybridized carbons (Fsp3) is 0.750. The Morgan fingerprint density at radius 2 is 1.88 bits per heavy atom. The minimum absolute atomic E-state index is 0.0232. The van der Waals surface area contributed by atoms with Gasteiger partial charge in [-0.3, -0.25) is 4.79 Å². The molecule has 0 atom stereocenters. The molecule has 0 bridgehead atoms. The van der Waals surface area contributed by atoms with Gasteiger partial charge < -0.3 is 20.3 Å². The molecule has 0 aromatic carbocycles. The zero-order valence-corrected chi connectivity index (χ0v) is 19.5. The first-order valence-corrected chi connectivity index (χ1v) is 12.1. The summed E-state index contributed by atoms with van der Waals surface area (Å²) in [6.07, 6.45) is 11.0. The summed E-state index contributed by atoms with van der Waals surface area (Å²) >= 11 is 0. The molecule has 1 aliphatic heterocycles. The van der Waals surface area contributed by atoms with Gasteiger partial charge in [0.2, 0.25) is 11.7 Å². The molecule has 3 fully saturated rings. The smallest absolute Gasteiger partial charge is 0.260 e. The van der Waals surface area contributed by atoms with Crippen molar-refractivity contribution in [3.8, 4) is 11.9 Å². The summed E-state index contributed by atoms with van der Waals surface area (Å²) in [7, 11) is 3.74. The highest BCUT2D eigenvalue weighted by atomic mass is 16.5. The summed E-state index contributed by atoms with van der Waals surface area (Å²) in [6.45, 7) is 3.44. The average Bonchev–Trinajstić information content (AvgIpc) is 3.58. The van der Waals surface area contributed by atoms with Gasteiger partial charge in [-0.2, -0.15) is 10.2 Å². The van der Waals surface area contributed by atoms with Gasteiger partial charge in [0.1, 0.15) is 17.5 Å². The summed E-state index contributed by atoms with van der Waals surface area (Å²) in [5.74, 6) is 1.50. The van der Waals surface area contributed by atoms with Crippen LogP contribution in [0.3, 0.4) is 0 Å². The SMILES string of the molecule is CNC(=O)c1c(NCC2CCC3(CC2)CC3)nc(C#N)nc1OCCC1CCN(C)CC1. The van der Waals surface area contributed by atoms with Crippen LogP contribution in [0.1, 0.15) is 74.0 Å². The van der Waals surface area contributed by atoms with Gasteiger partial charge in [0, 0.05) is 13.6 Å². The molecule has 4 rings (SSSR count). The number of piperidine rings is 1. The molecule has 8 heteroatoms. The first kappa shape index (κ1) is 22.8. The van der Waals surface area contributed by atoms with E-state index < -0.39 is 0 Å². The third-order valence-corrected chi connectivity index (χ3v) is 7.71. The first-order valence-electron chi connectivity index (χ1n) is 12.1. The van der Waals surface area contributed by atoms with Crippen molar-refractivity contribution in [3.63, 3.8) is 0 Å². The topological polar surface area (TPSA) is 103 Å².